The molecule has 0 radical (unpaired) electrons. The zero-order chi connectivity index (χ0) is 13.7. The summed E-state index contributed by atoms with van der Waals surface area (Å²) in [6.45, 7) is 5.06. The van der Waals surface area contributed by atoms with Crippen molar-refractivity contribution in [1.82, 2.24) is 5.32 Å². The van der Waals surface area contributed by atoms with E-state index >= 15 is 0 Å². The van der Waals surface area contributed by atoms with Gasteiger partial charge >= 0.3 is 0 Å². The van der Waals surface area contributed by atoms with Crippen LogP contribution in [-0.2, 0) is 12.8 Å². The molecule has 0 fully saturated rings. The van der Waals surface area contributed by atoms with Crippen LogP contribution in [0.1, 0.15) is 61.0 Å². The zero-order valence-corrected chi connectivity index (χ0v) is 12.2. The smallest absolute Gasteiger partial charge is 0.179 e. The van der Waals surface area contributed by atoms with Crippen LogP contribution in [0.2, 0.25) is 0 Å². The Hall–Kier alpha value is -1.15. The van der Waals surface area contributed by atoms with Crippen molar-refractivity contribution in [1.29, 1.82) is 0 Å². The average Bonchev–Trinajstić information content (AvgIpc) is 2.46. The molecule has 2 nitrogen and oxygen atoms in total. The number of nitrogens with one attached hydrogen (secondary N) is 1. The molecule has 0 aliphatic heterocycles. The quantitative estimate of drug-likeness (QED) is 0.625. The molecule has 0 bridgehead atoms. The Morgan fingerprint density at radius 3 is 2.74 bits per heavy atom. The highest BCUT2D eigenvalue weighted by atomic mass is 16.1. The van der Waals surface area contributed by atoms with Gasteiger partial charge in [-0.1, -0.05) is 25.5 Å². The second-order valence-electron chi connectivity index (χ2n) is 5.58. The topological polar surface area (TPSA) is 29.1 Å². The minimum absolute atomic E-state index is 0.0757. The Balaban J connectivity index is 2.02. The predicted octanol–water partition coefficient (Wildman–Crippen LogP) is 3.53. The van der Waals surface area contributed by atoms with Crippen LogP contribution in [-0.4, -0.2) is 18.4 Å². The summed E-state index contributed by atoms with van der Waals surface area (Å²) in [4.78, 5) is 12.4. The number of ketones is 1. The maximum atomic E-state index is 12.4. The number of carbonyl (C=O) groups is 1. The predicted molar refractivity (Wildman–Crippen MR) is 79.8 cm³/mol. The third-order valence-electron chi connectivity index (χ3n) is 4.01. The van der Waals surface area contributed by atoms with E-state index in [2.05, 4.69) is 24.4 Å². The van der Waals surface area contributed by atoms with Gasteiger partial charge in [0.05, 0.1) is 6.04 Å². The molecule has 0 saturated carbocycles. The van der Waals surface area contributed by atoms with Crippen molar-refractivity contribution in [2.45, 2.75) is 58.4 Å². The van der Waals surface area contributed by atoms with Crippen molar-refractivity contribution >= 4 is 5.78 Å². The number of hydrogen-bond donors (Lipinski definition) is 1. The van der Waals surface area contributed by atoms with E-state index in [1.165, 1.54) is 30.4 Å². The van der Waals surface area contributed by atoms with Gasteiger partial charge in [-0.2, -0.15) is 0 Å². The van der Waals surface area contributed by atoms with Gasteiger partial charge in [0.1, 0.15) is 0 Å². The summed E-state index contributed by atoms with van der Waals surface area (Å²) in [6.07, 6.45) is 7.14. The fourth-order valence-electron chi connectivity index (χ4n) is 2.72. The number of hydrogen-bond acceptors (Lipinski definition) is 2. The summed E-state index contributed by atoms with van der Waals surface area (Å²) in [5.74, 6) is 0.226. The molecule has 0 aromatic heterocycles. The number of carbonyl (C=O) groups excluding carboxylic acids is 1. The largest absolute Gasteiger partial charge is 0.307 e. The first kappa shape index (κ1) is 14.3. The van der Waals surface area contributed by atoms with E-state index < -0.39 is 0 Å². The lowest BCUT2D eigenvalue weighted by atomic mass is 9.89. The van der Waals surface area contributed by atoms with Crippen molar-refractivity contribution in [2.24, 2.45) is 0 Å². The molecule has 104 valence electrons. The van der Waals surface area contributed by atoms with Crippen LogP contribution in [0.3, 0.4) is 0 Å². The molecular weight excluding hydrogens is 234 g/mol. The molecule has 2 heteroatoms. The van der Waals surface area contributed by atoms with Gasteiger partial charge in [0.15, 0.2) is 5.78 Å². The summed E-state index contributed by atoms with van der Waals surface area (Å²) >= 11 is 0. The fraction of sp³-hybridized carbons (Fsp3) is 0.588. The van der Waals surface area contributed by atoms with Gasteiger partial charge in [-0.15, -0.1) is 0 Å². The molecule has 0 amide bonds. The average molecular weight is 259 g/mol. The minimum Gasteiger partial charge on any atom is -0.307 e. The molecule has 0 spiro atoms. The van der Waals surface area contributed by atoms with Crippen molar-refractivity contribution in [2.75, 3.05) is 6.54 Å². The normalized spacial score (nSPS) is 15.9. The van der Waals surface area contributed by atoms with Crippen LogP contribution in [0, 0.1) is 0 Å². The Morgan fingerprint density at radius 2 is 2.00 bits per heavy atom. The Kier molecular flexibility index (Phi) is 5.15. The van der Waals surface area contributed by atoms with E-state index in [-0.39, 0.29) is 11.8 Å². The molecule has 1 aromatic rings. The Morgan fingerprint density at radius 1 is 1.26 bits per heavy atom. The van der Waals surface area contributed by atoms with Gasteiger partial charge in [-0.05, 0) is 62.8 Å². The van der Waals surface area contributed by atoms with Gasteiger partial charge in [-0.3, -0.25) is 4.79 Å². The third kappa shape index (κ3) is 3.66. The molecule has 0 saturated heterocycles. The van der Waals surface area contributed by atoms with E-state index in [1.54, 1.807) is 0 Å². The standard InChI is InChI=1S/C17H25NO/c1-3-4-11-18-13(2)17(19)16-10-9-14-7-5-6-8-15(14)12-16/h9-10,12-13,18H,3-8,11H2,1-2H3. The summed E-state index contributed by atoms with van der Waals surface area (Å²) in [7, 11) is 0. The lowest BCUT2D eigenvalue weighted by Gasteiger charge is -2.18. The molecule has 1 N–H and O–H groups in total. The van der Waals surface area contributed by atoms with Crippen molar-refractivity contribution < 1.29 is 4.79 Å². The second kappa shape index (κ2) is 6.85. The Labute approximate surface area is 116 Å². The van der Waals surface area contributed by atoms with E-state index in [0.717, 1.165) is 31.4 Å². The summed E-state index contributed by atoms with van der Waals surface area (Å²) in [5.41, 5.74) is 3.70. The van der Waals surface area contributed by atoms with Gasteiger partial charge < -0.3 is 5.32 Å². The third-order valence-corrected chi connectivity index (χ3v) is 4.01. The molecule has 2 rings (SSSR count). The second-order valence-corrected chi connectivity index (χ2v) is 5.58. The molecule has 0 heterocycles. The van der Waals surface area contributed by atoms with Crippen LogP contribution in [0.25, 0.3) is 0 Å². The van der Waals surface area contributed by atoms with Gasteiger partial charge in [0.2, 0.25) is 0 Å². The summed E-state index contributed by atoms with van der Waals surface area (Å²) in [5, 5.41) is 3.31. The summed E-state index contributed by atoms with van der Waals surface area (Å²) < 4.78 is 0. The van der Waals surface area contributed by atoms with Crippen LogP contribution in [0.4, 0.5) is 0 Å². The Bertz CT molecular complexity index is 439. The zero-order valence-electron chi connectivity index (χ0n) is 12.2. The van der Waals surface area contributed by atoms with Crippen LogP contribution in [0.15, 0.2) is 18.2 Å². The van der Waals surface area contributed by atoms with Crippen LogP contribution >= 0.6 is 0 Å². The minimum atomic E-state index is -0.0757. The van der Waals surface area contributed by atoms with Crippen LogP contribution < -0.4 is 5.32 Å². The molecule has 1 aliphatic rings. The number of rotatable bonds is 6. The monoisotopic (exact) mass is 259 g/mol. The highest BCUT2D eigenvalue weighted by Crippen LogP contribution is 2.22. The number of fused-ring (bicyclic) bond motifs is 1. The first-order valence-electron chi connectivity index (χ1n) is 7.61. The number of benzene rings is 1. The lowest BCUT2D eigenvalue weighted by Crippen LogP contribution is -2.34. The highest BCUT2D eigenvalue weighted by molar-refractivity contribution is 6.00. The van der Waals surface area contributed by atoms with Gasteiger partial charge in [0, 0.05) is 5.56 Å². The molecular formula is C17H25NO. The number of unbranched alkanes of at least 4 members (excludes halogenated alkanes) is 1. The fourth-order valence-corrected chi connectivity index (χ4v) is 2.72. The molecule has 1 unspecified atom stereocenters. The van der Waals surface area contributed by atoms with E-state index in [9.17, 15) is 4.79 Å². The maximum Gasteiger partial charge on any atom is 0.179 e. The number of Topliss-reactive ketones (excluding diaryl/α,β-unsaturated/α-hetero) is 1. The molecule has 1 aromatic carbocycles. The van der Waals surface area contributed by atoms with Crippen molar-refractivity contribution in [3.05, 3.63) is 34.9 Å². The van der Waals surface area contributed by atoms with E-state index in [0.29, 0.717) is 0 Å². The van der Waals surface area contributed by atoms with Crippen LogP contribution in [0.5, 0.6) is 0 Å². The van der Waals surface area contributed by atoms with Crippen molar-refractivity contribution in [3.63, 3.8) is 0 Å². The maximum absolute atomic E-state index is 12.4. The lowest BCUT2D eigenvalue weighted by molar-refractivity contribution is 0.0951. The summed E-state index contributed by atoms with van der Waals surface area (Å²) in [6, 6.07) is 6.20. The molecule has 1 atom stereocenters. The van der Waals surface area contributed by atoms with E-state index in [1.807, 2.05) is 13.0 Å². The first-order chi connectivity index (χ1) is 9.22. The molecule has 19 heavy (non-hydrogen) atoms. The first-order valence-corrected chi connectivity index (χ1v) is 7.61. The van der Waals surface area contributed by atoms with Crippen molar-refractivity contribution in [3.8, 4) is 0 Å². The van der Waals surface area contributed by atoms with Gasteiger partial charge in [0.25, 0.3) is 0 Å². The number of aryl methyl sites for hydroxylation is 2. The SMILES string of the molecule is CCCCNC(C)C(=O)c1ccc2c(c1)CCCC2. The molecule has 1 aliphatic carbocycles. The van der Waals surface area contributed by atoms with E-state index in [4.69, 9.17) is 0 Å². The highest BCUT2D eigenvalue weighted by Gasteiger charge is 2.17. The van der Waals surface area contributed by atoms with Gasteiger partial charge in [-0.25, -0.2) is 0 Å².